The molecule has 0 saturated carbocycles. The summed E-state index contributed by atoms with van der Waals surface area (Å²) in [5, 5.41) is 3.49. The molecule has 1 heterocycles. The fourth-order valence-corrected chi connectivity index (χ4v) is 2.98. The van der Waals surface area contributed by atoms with Crippen LogP contribution in [0.4, 0.5) is 0 Å². The molecule has 0 fully saturated rings. The van der Waals surface area contributed by atoms with Crippen molar-refractivity contribution in [3.63, 3.8) is 0 Å². The van der Waals surface area contributed by atoms with Crippen molar-refractivity contribution in [3.05, 3.63) is 17.9 Å². The highest BCUT2D eigenvalue weighted by atomic mass is 32.2. The molecule has 0 aliphatic carbocycles. The van der Waals surface area contributed by atoms with Crippen molar-refractivity contribution in [1.82, 2.24) is 9.62 Å². The molecule has 5 nitrogen and oxygen atoms in total. The Kier molecular flexibility index (Phi) is 5.79. The quantitative estimate of drug-likeness (QED) is 0.801. The lowest BCUT2D eigenvalue weighted by Crippen LogP contribution is -2.42. The van der Waals surface area contributed by atoms with E-state index in [0.29, 0.717) is 12.3 Å². The Bertz CT molecular complexity index is 508. The zero-order valence-corrected chi connectivity index (χ0v) is 13.9. The second kappa shape index (κ2) is 6.74. The van der Waals surface area contributed by atoms with Gasteiger partial charge in [0.25, 0.3) is 10.0 Å². The van der Waals surface area contributed by atoms with Crippen molar-refractivity contribution in [2.75, 3.05) is 14.1 Å². The number of nitrogens with zero attached hydrogens (tertiary/aromatic N) is 1. The molecule has 1 N–H and O–H groups in total. The smallest absolute Gasteiger partial charge is 0.275 e. The van der Waals surface area contributed by atoms with Crippen LogP contribution in [0.15, 0.2) is 21.6 Å². The van der Waals surface area contributed by atoms with Gasteiger partial charge in [0.15, 0.2) is 0 Å². The lowest BCUT2D eigenvalue weighted by atomic mass is 9.90. The van der Waals surface area contributed by atoms with Crippen molar-refractivity contribution in [1.29, 1.82) is 0 Å². The highest BCUT2D eigenvalue weighted by molar-refractivity contribution is 7.88. The number of rotatable bonds is 8. The lowest BCUT2D eigenvalue weighted by Gasteiger charge is -2.31. The summed E-state index contributed by atoms with van der Waals surface area (Å²) < 4.78 is 30.5. The van der Waals surface area contributed by atoms with Crippen molar-refractivity contribution in [2.24, 2.45) is 0 Å². The molecule has 116 valence electrons. The van der Waals surface area contributed by atoms with Gasteiger partial charge in [-0.1, -0.05) is 20.8 Å². The minimum atomic E-state index is -3.49. The Balaban J connectivity index is 2.80. The molecule has 6 heteroatoms. The maximum absolute atomic E-state index is 11.9. The minimum absolute atomic E-state index is 0.00519. The van der Waals surface area contributed by atoms with Crippen LogP contribution in [0.25, 0.3) is 0 Å². The van der Waals surface area contributed by atoms with Gasteiger partial charge in [-0.3, -0.25) is 0 Å². The van der Waals surface area contributed by atoms with Crippen LogP contribution >= 0.6 is 0 Å². The van der Waals surface area contributed by atoms with Gasteiger partial charge in [-0.2, -0.15) is 0 Å². The van der Waals surface area contributed by atoms with Gasteiger partial charge in [-0.25, -0.2) is 12.7 Å². The van der Waals surface area contributed by atoms with Gasteiger partial charge in [-0.15, -0.1) is 0 Å². The molecule has 1 aromatic heterocycles. The minimum Gasteiger partial charge on any atom is -0.447 e. The summed E-state index contributed by atoms with van der Waals surface area (Å²) >= 11 is 0. The monoisotopic (exact) mass is 302 g/mol. The molecular weight excluding hydrogens is 276 g/mol. The van der Waals surface area contributed by atoms with Crippen molar-refractivity contribution in [3.8, 4) is 0 Å². The maximum Gasteiger partial charge on any atom is 0.275 e. The number of nitrogens with one attached hydrogen (secondary N) is 1. The average Bonchev–Trinajstić information content (AvgIpc) is 2.90. The molecular formula is C14H26N2O3S. The molecule has 0 aromatic carbocycles. The highest BCUT2D eigenvalue weighted by Gasteiger charge is 2.25. The Morgan fingerprint density at radius 1 is 1.15 bits per heavy atom. The first-order valence-corrected chi connectivity index (χ1v) is 8.51. The summed E-state index contributed by atoms with van der Waals surface area (Å²) in [6, 6.07) is 3.23. The molecule has 20 heavy (non-hydrogen) atoms. The maximum atomic E-state index is 11.9. The van der Waals surface area contributed by atoms with Crippen LogP contribution in [0.1, 0.15) is 45.8 Å². The zero-order valence-electron chi connectivity index (χ0n) is 13.1. The summed E-state index contributed by atoms with van der Waals surface area (Å²) in [4.78, 5) is 0. The van der Waals surface area contributed by atoms with E-state index in [4.69, 9.17) is 4.42 Å². The van der Waals surface area contributed by atoms with Crippen LogP contribution < -0.4 is 5.32 Å². The van der Waals surface area contributed by atoms with Crippen LogP contribution in [-0.2, 0) is 16.6 Å². The third kappa shape index (κ3) is 3.62. The van der Waals surface area contributed by atoms with Crippen molar-refractivity contribution >= 4 is 10.0 Å². The second-order valence-corrected chi connectivity index (χ2v) is 7.29. The van der Waals surface area contributed by atoms with Crippen LogP contribution in [0, 0.1) is 0 Å². The van der Waals surface area contributed by atoms with Crippen LogP contribution in [0.3, 0.4) is 0 Å². The molecule has 0 aliphatic rings. The largest absolute Gasteiger partial charge is 0.447 e. The van der Waals surface area contributed by atoms with Crippen molar-refractivity contribution < 1.29 is 12.8 Å². The normalized spacial score (nSPS) is 13.1. The lowest BCUT2D eigenvalue weighted by molar-refractivity contribution is 0.271. The zero-order chi connectivity index (χ0) is 15.4. The van der Waals surface area contributed by atoms with E-state index in [1.165, 1.54) is 20.2 Å². The fraction of sp³-hybridized carbons (Fsp3) is 0.714. The van der Waals surface area contributed by atoms with E-state index in [0.717, 1.165) is 23.6 Å². The molecule has 0 saturated heterocycles. The van der Waals surface area contributed by atoms with Crippen molar-refractivity contribution in [2.45, 2.75) is 57.2 Å². The van der Waals surface area contributed by atoms with Gasteiger partial charge in [0, 0.05) is 19.6 Å². The van der Waals surface area contributed by atoms with E-state index in [1.54, 1.807) is 6.07 Å². The van der Waals surface area contributed by atoms with Gasteiger partial charge >= 0.3 is 0 Å². The first-order valence-electron chi connectivity index (χ1n) is 7.07. The standard InChI is InChI=1S/C14H26N2O3S/c1-6-14(7-2,8-3)15-11-12-9-10-13(19-12)20(17,18)16(4)5/h9-10,15H,6-8,11H2,1-5H3. The topological polar surface area (TPSA) is 62.6 Å². The molecule has 1 rings (SSSR count). The molecule has 1 aromatic rings. The van der Waals surface area contributed by atoms with E-state index in [-0.39, 0.29) is 10.6 Å². The van der Waals surface area contributed by atoms with Crippen LogP contribution in [0.2, 0.25) is 0 Å². The third-order valence-electron chi connectivity index (χ3n) is 4.04. The SMILES string of the molecule is CCC(CC)(CC)NCc1ccc(S(=O)(=O)N(C)C)o1. The number of hydrogen-bond acceptors (Lipinski definition) is 4. The summed E-state index contributed by atoms with van der Waals surface area (Å²) in [6.45, 7) is 7.01. The third-order valence-corrected chi connectivity index (χ3v) is 5.73. The Labute approximate surface area is 122 Å². The number of hydrogen-bond donors (Lipinski definition) is 1. The molecule has 0 bridgehead atoms. The molecule has 0 spiro atoms. The van der Waals surface area contributed by atoms with E-state index >= 15 is 0 Å². The Morgan fingerprint density at radius 3 is 2.15 bits per heavy atom. The van der Waals surface area contributed by atoms with Gasteiger partial charge < -0.3 is 9.73 Å². The Morgan fingerprint density at radius 2 is 1.70 bits per heavy atom. The summed E-state index contributed by atoms with van der Waals surface area (Å²) in [5.41, 5.74) is 0.0907. The van der Waals surface area contributed by atoms with E-state index < -0.39 is 10.0 Å². The Hall–Kier alpha value is -0.850. The summed E-state index contributed by atoms with van der Waals surface area (Å²) in [7, 11) is -0.503. The van der Waals surface area contributed by atoms with Gasteiger partial charge in [-0.05, 0) is 31.4 Å². The first-order chi connectivity index (χ1) is 9.31. The summed E-state index contributed by atoms with van der Waals surface area (Å²) in [6.07, 6.45) is 3.09. The highest BCUT2D eigenvalue weighted by Crippen LogP contribution is 2.21. The van der Waals surface area contributed by atoms with E-state index in [9.17, 15) is 8.42 Å². The fourth-order valence-electron chi connectivity index (χ4n) is 2.17. The van der Waals surface area contributed by atoms with Gasteiger partial charge in [0.1, 0.15) is 5.76 Å². The predicted molar refractivity (Wildman–Crippen MR) is 80.0 cm³/mol. The summed E-state index contributed by atoms with van der Waals surface area (Å²) in [5.74, 6) is 0.644. The van der Waals surface area contributed by atoms with Gasteiger partial charge in [0.2, 0.25) is 5.09 Å². The number of furan rings is 1. The predicted octanol–water partition coefficient (Wildman–Crippen LogP) is 2.59. The van der Waals surface area contributed by atoms with Crippen LogP contribution in [-0.4, -0.2) is 32.4 Å². The van der Waals surface area contributed by atoms with E-state index in [2.05, 4.69) is 26.1 Å². The second-order valence-electron chi connectivity index (χ2n) is 5.20. The molecule has 0 amide bonds. The average molecular weight is 302 g/mol. The number of sulfonamides is 1. The van der Waals surface area contributed by atoms with Gasteiger partial charge in [0.05, 0.1) is 6.54 Å². The molecule has 0 aliphatic heterocycles. The first kappa shape index (κ1) is 17.2. The van der Waals surface area contributed by atoms with Crippen LogP contribution in [0.5, 0.6) is 0 Å². The molecule has 0 atom stereocenters. The molecule has 0 unspecified atom stereocenters. The molecule has 0 radical (unpaired) electrons. The van der Waals surface area contributed by atoms with E-state index in [1.807, 2.05) is 0 Å².